The molecule has 0 spiro atoms. The molecule has 0 atom stereocenters. The second kappa shape index (κ2) is 3.66. The number of hydrogen-bond acceptors (Lipinski definition) is 4. The maximum Gasteiger partial charge on any atom is 0.338 e. The van der Waals surface area contributed by atoms with Crippen molar-refractivity contribution in [2.75, 3.05) is 0 Å². The lowest BCUT2D eigenvalue weighted by Gasteiger charge is -2.07. The molecular weight excluding hydrogens is 228 g/mol. The van der Waals surface area contributed by atoms with Crippen LogP contribution in [0.2, 0.25) is 5.02 Å². The lowest BCUT2D eigenvalue weighted by atomic mass is 10.1. The molecule has 4 N–H and O–H groups in total. The zero-order valence-corrected chi connectivity index (χ0v) is 7.82. The van der Waals surface area contributed by atoms with E-state index in [2.05, 4.69) is 0 Å². The molecule has 7 heteroatoms. The summed E-state index contributed by atoms with van der Waals surface area (Å²) in [6.45, 7) is 0. The molecule has 0 aliphatic rings. The van der Waals surface area contributed by atoms with Gasteiger partial charge >= 0.3 is 11.9 Å². The normalized spacial score (nSPS) is 9.93. The van der Waals surface area contributed by atoms with E-state index in [0.717, 1.165) is 0 Å². The van der Waals surface area contributed by atoms with Crippen molar-refractivity contribution < 1.29 is 30.0 Å². The summed E-state index contributed by atoms with van der Waals surface area (Å²) in [5.74, 6) is -4.82. The molecule has 0 unspecified atom stereocenters. The predicted molar refractivity (Wildman–Crippen MR) is 48.7 cm³/mol. The van der Waals surface area contributed by atoms with E-state index in [1.807, 2.05) is 0 Å². The second-order valence-corrected chi connectivity index (χ2v) is 2.97. The predicted octanol–water partition coefficient (Wildman–Crippen LogP) is 1.15. The van der Waals surface area contributed by atoms with E-state index < -0.39 is 39.6 Å². The van der Waals surface area contributed by atoms with Gasteiger partial charge in [0.05, 0.1) is 11.1 Å². The minimum Gasteiger partial charge on any atom is -0.504 e. The molecule has 0 saturated heterocycles. The van der Waals surface area contributed by atoms with Crippen LogP contribution in [-0.2, 0) is 0 Å². The van der Waals surface area contributed by atoms with Crippen molar-refractivity contribution in [1.29, 1.82) is 0 Å². The van der Waals surface area contributed by atoms with Gasteiger partial charge in [0, 0.05) is 0 Å². The maximum atomic E-state index is 10.7. The van der Waals surface area contributed by atoms with Gasteiger partial charge in [0.25, 0.3) is 0 Å². The second-order valence-electron chi connectivity index (χ2n) is 2.59. The van der Waals surface area contributed by atoms with Crippen LogP contribution >= 0.6 is 11.6 Å². The number of carbonyl (C=O) groups is 2. The van der Waals surface area contributed by atoms with Gasteiger partial charge in [0.15, 0.2) is 11.5 Å². The van der Waals surface area contributed by atoms with Crippen LogP contribution in [0.3, 0.4) is 0 Å². The summed E-state index contributed by atoms with van der Waals surface area (Å²) in [5, 5.41) is 34.8. The summed E-state index contributed by atoms with van der Waals surface area (Å²) in [6.07, 6.45) is 0. The third-order valence-electron chi connectivity index (χ3n) is 1.66. The van der Waals surface area contributed by atoms with Crippen molar-refractivity contribution in [3.8, 4) is 11.5 Å². The van der Waals surface area contributed by atoms with E-state index >= 15 is 0 Å². The van der Waals surface area contributed by atoms with E-state index in [-0.39, 0.29) is 0 Å². The van der Waals surface area contributed by atoms with Crippen molar-refractivity contribution in [2.45, 2.75) is 0 Å². The standard InChI is InChI=1S/C8H5ClO6/c9-5-4(8(14)15)2(7(12)13)1-3(10)6(5)11/h1,10-11H,(H,12,13)(H,14,15). The summed E-state index contributed by atoms with van der Waals surface area (Å²) in [5.41, 5.74) is -1.46. The van der Waals surface area contributed by atoms with E-state index in [0.29, 0.717) is 6.07 Å². The highest BCUT2D eigenvalue weighted by Gasteiger charge is 2.24. The molecule has 0 saturated carbocycles. The Bertz CT molecular complexity index is 453. The number of carboxylic acids is 2. The lowest BCUT2D eigenvalue weighted by molar-refractivity contribution is 0.0651. The Labute approximate surface area is 88.0 Å². The Balaban J connectivity index is 3.65. The Morgan fingerprint density at radius 3 is 2.07 bits per heavy atom. The van der Waals surface area contributed by atoms with E-state index in [1.165, 1.54) is 0 Å². The number of rotatable bonds is 2. The van der Waals surface area contributed by atoms with Crippen LogP contribution in [-0.4, -0.2) is 32.4 Å². The van der Waals surface area contributed by atoms with Crippen molar-refractivity contribution in [1.82, 2.24) is 0 Å². The largest absolute Gasteiger partial charge is 0.504 e. The molecule has 1 rings (SSSR count). The van der Waals surface area contributed by atoms with Gasteiger partial charge in [-0.2, -0.15) is 0 Å². The first-order chi connectivity index (χ1) is 6.86. The average Bonchev–Trinajstić information content (AvgIpc) is 2.12. The molecular formula is C8H5ClO6. The SMILES string of the molecule is O=C(O)c1cc(O)c(O)c(Cl)c1C(=O)O. The van der Waals surface area contributed by atoms with Gasteiger partial charge < -0.3 is 20.4 Å². The lowest BCUT2D eigenvalue weighted by Crippen LogP contribution is -2.08. The minimum absolute atomic E-state index is 0.618. The molecule has 0 aliphatic carbocycles. The van der Waals surface area contributed by atoms with Gasteiger partial charge in [0.2, 0.25) is 0 Å². The third-order valence-corrected chi connectivity index (χ3v) is 2.03. The van der Waals surface area contributed by atoms with Gasteiger partial charge in [-0.1, -0.05) is 11.6 Å². The zero-order chi connectivity index (χ0) is 11.7. The Morgan fingerprint density at radius 2 is 1.67 bits per heavy atom. The van der Waals surface area contributed by atoms with Crippen LogP contribution in [0, 0.1) is 0 Å². The average molecular weight is 233 g/mol. The van der Waals surface area contributed by atoms with E-state index in [4.69, 9.17) is 32.0 Å². The molecule has 0 heterocycles. The molecule has 15 heavy (non-hydrogen) atoms. The number of aromatic carboxylic acids is 2. The number of benzene rings is 1. The zero-order valence-electron chi connectivity index (χ0n) is 7.06. The van der Waals surface area contributed by atoms with Crippen LogP contribution in [0.5, 0.6) is 11.5 Å². The van der Waals surface area contributed by atoms with Crippen LogP contribution < -0.4 is 0 Å². The Morgan fingerprint density at radius 1 is 1.13 bits per heavy atom. The number of aromatic hydroxyl groups is 2. The maximum absolute atomic E-state index is 10.7. The summed E-state index contributed by atoms with van der Waals surface area (Å²) in [6, 6.07) is 0.618. The van der Waals surface area contributed by atoms with Gasteiger partial charge in [-0.25, -0.2) is 9.59 Å². The minimum atomic E-state index is -1.60. The van der Waals surface area contributed by atoms with Crippen molar-refractivity contribution in [2.24, 2.45) is 0 Å². The number of phenols is 2. The van der Waals surface area contributed by atoms with Crippen molar-refractivity contribution >= 4 is 23.5 Å². The van der Waals surface area contributed by atoms with Gasteiger partial charge in [-0.3, -0.25) is 0 Å². The van der Waals surface area contributed by atoms with Crippen molar-refractivity contribution in [3.63, 3.8) is 0 Å². The van der Waals surface area contributed by atoms with Crippen LogP contribution in [0.15, 0.2) is 6.07 Å². The van der Waals surface area contributed by atoms with E-state index in [9.17, 15) is 9.59 Å². The van der Waals surface area contributed by atoms with Gasteiger partial charge in [-0.15, -0.1) is 0 Å². The highest BCUT2D eigenvalue weighted by atomic mass is 35.5. The number of carboxylic acid groups (broad SMARTS) is 2. The van der Waals surface area contributed by atoms with Crippen LogP contribution in [0.25, 0.3) is 0 Å². The molecule has 80 valence electrons. The smallest absolute Gasteiger partial charge is 0.338 e. The quantitative estimate of drug-likeness (QED) is 0.569. The molecule has 0 aromatic heterocycles. The third kappa shape index (κ3) is 1.79. The van der Waals surface area contributed by atoms with Crippen LogP contribution in [0.4, 0.5) is 0 Å². The molecule has 6 nitrogen and oxygen atoms in total. The Hall–Kier alpha value is -1.95. The topological polar surface area (TPSA) is 115 Å². The van der Waals surface area contributed by atoms with Gasteiger partial charge in [-0.05, 0) is 6.07 Å². The van der Waals surface area contributed by atoms with E-state index in [1.54, 1.807) is 0 Å². The van der Waals surface area contributed by atoms with Gasteiger partial charge in [0.1, 0.15) is 5.02 Å². The first kappa shape index (κ1) is 11.1. The fourth-order valence-electron chi connectivity index (χ4n) is 1.00. The molecule has 1 aromatic rings. The van der Waals surface area contributed by atoms with Crippen LogP contribution in [0.1, 0.15) is 20.7 Å². The fourth-order valence-corrected chi connectivity index (χ4v) is 1.28. The summed E-state index contributed by atoms with van der Waals surface area (Å²) < 4.78 is 0. The number of halogens is 1. The molecule has 0 fully saturated rings. The number of hydrogen-bond donors (Lipinski definition) is 4. The molecule has 0 bridgehead atoms. The highest BCUT2D eigenvalue weighted by Crippen LogP contribution is 2.37. The molecule has 1 aromatic carbocycles. The first-order valence-corrected chi connectivity index (χ1v) is 3.95. The number of phenolic OH excluding ortho intramolecular Hbond substituents is 2. The molecule has 0 amide bonds. The highest BCUT2D eigenvalue weighted by molar-refractivity contribution is 6.36. The van der Waals surface area contributed by atoms with Crippen molar-refractivity contribution in [3.05, 3.63) is 22.2 Å². The summed E-state index contributed by atoms with van der Waals surface area (Å²) in [4.78, 5) is 21.3. The summed E-state index contributed by atoms with van der Waals surface area (Å²) >= 11 is 5.39. The fraction of sp³-hybridized carbons (Fsp3) is 0. The molecule has 0 aliphatic heterocycles. The molecule has 0 radical (unpaired) electrons. The Kier molecular flexibility index (Phi) is 2.71. The summed E-state index contributed by atoms with van der Waals surface area (Å²) in [7, 11) is 0. The first-order valence-electron chi connectivity index (χ1n) is 3.57. The monoisotopic (exact) mass is 232 g/mol.